The lowest BCUT2D eigenvalue weighted by atomic mass is 10.2. The quantitative estimate of drug-likeness (QED) is 0.856. The van der Waals surface area contributed by atoms with Crippen molar-refractivity contribution in [2.75, 3.05) is 5.73 Å². The molecule has 5 nitrogen and oxygen atoms in total. The third-order valence-corrected chi connectivity index (χ3v) is 5.00. The van der Waals surface area contributed by atoms with Gasteiger partial charge in [0.25, 0.3) is 5.91 Å². The summed E-state index contributed by atoms with van der Waals surface area (Å²) in [6, 6.07) is 11.2. The van der Waals surface area contributed by atoms with E-state index in [1.165, 1.54) is 0 Å². The Morgan fingerprint density at radius 2 is 2.08 bits per heavy atom. The SMILES string of the molecule is Cc1ccc(C(=O)NCc2ccc(OC3(C)CC=CS3)cc2)c(N)n1. The number of anilines is 1. The maximum atomic E-state index is 12.2. The van der Waals surface area contributed by atoms with E-state index in [0.717, 1.165) is 23.4 Å². The van der Waals surface area contributed by atoms with Crippen molar-refractivity contribution in [3.8, 4) is 5.75 Å². The van der Waals surface area contributed by atoms with Crippen LogP contribution in [-0.2, 0) is 6.54 Å². The number of hydrogen-bond donors (Lipinski definition) is 2. The zero-order valence-corrected chi connectivity index (χ0v) is 15.1. The van der Waals surface area contributed by atoms with Gasteiger partial charge in [-0.1, -0.05) is 30.0 Å². The lowest BCUT2D eigenvalue weighted by Crippen LogP contribution is -2.25. The standard InChI is InChI=1S/C19H21N3O2S/c1-13-4-9-16(17(20)22-13)18(23)21-12-14-5-7-15(8-6-14)24-19(2)10-3-11-25-19/h3-9,11H,10,12H2,1-2H3,(H2,20,22)(H,21,23). The van der Waals surface area contributed by atoms with Crippen LogP contribution in [0.3, 0.4) is 0 Å². The minimum Gasteiger partial charge on any atom is -0.476 e. The topological polar surface area (TPSA) is 77.2 Å². The first kappa shape index (κ1) is 17.4. The van der Waals surface area contributed by atoms with E-state index in [4.69, 9.17) is 10.5 Å². The number of carbonyl (C=O) groups is 1. The van der Waals surface area contributed by atoms with E-state index in [2.05, 4.69) is 28.7 Å². The lowest BCUT2D eigenvalue weighted by Gasteiger charge is -2.24. The number of aromatic nitrogens is 1. The summed E-state index contributed by atoms with van der Waals surface area (Å²) in [7, 11) is 0. The second-order valence-corrected chi connectivity index (χ2v) is 7.51. The molecule has 1 unspecified atom stereocenters. The van der Waals surface area contributed by atoms with Gasteiger partial charge in [-0.25, -0.2) is 4.98 Å². The fourth-order valence-corrected chi connectivity index (χ4v) is 3.36. The Morgan fingerprint density at radius 1 is 1.32 bits per heavy atom. The zero-order chi connectivity index (χ0) is 17.9. The highest BCUT2D eigenvalue weighted by atomic mass is 32.2. The number of pyridine rings is 1. The van der Waals surface area contributed by atoms with E-state index in [1.807, 2.05) is 31.2 Å². The maximum Gasteiger partial charge on any atom is 0.255 e. The number of nitrogens with zero attached hydrogens (tertiary/aromatic N) is 1. The molecule has 1 amide bonds. The number of ether oxygens (including phenoxy) is 1. The third kappa shape index (κ3) is 4.33. The number of carbonyl (C=O) groups excluding carboxylic acids is 1. The molecule has 130 valence electrons. The highest BCUT2D eigenvalue weighted by molar-refractivity contribution is 8.03. The molecule has 0 bridgehead atoms. The molecule has 2 aromatic rings. The van der Waals surface area contributed by atoms with Crippen molar-refractivity contribution in [2.24, 2.45) is 0 Å². The maximum absolute atomic E-state index is 12.2. The van der Waals surface area contributed by atoms with E-state index < -0.39 is 0 Å². The Morgan fingerprint density at radius 3 is 2.72 bits per heavy atom. The first-order valence-corrected chi connectivity index (χ1v) is 8.95. The van der Waals surface area contributed by atoms with Gasteiger partial charge in [-0.3, -0.25) is 4.79 Å². The van der Waals surface area contributed by atoms with Crippen LogP contribution < -0.4 is 15.8 Å². The summed E-state index contributed by atoms with van der Waals surface area (Å²) in [5.74, 6) is 0.837. The molecule has 2 heterocycles. The van der Waals surface area contributed by atoms with Crippen molar-refractivity contribution in [1.29, 1.82) is 0 Å². The highest BCUT2D eigenvalue weighted by Crippen LogP contribution is 2.37. The number of hydrogen-bond acceptors (Lipinski definition) is 5. The van der Waals surface area contributed by atoms with Crippen molar-refractivity contribution >= 4 is 23.5 Å². The van der Waals surface area contributed by atoms with Crippen LogP contribution in [0.15, 0.2) is 47.9 Å². The number of aryl methyl sites for hydroxylation is 1. The largest absolute Gasteiger partial charge is 0.476 e. The first-order valence-electron chi connectivity index (χ1n) is 8.07. The molecular weight excluding hydrogens is 334 g/mol. The van der Waals surface area contributed by atoms with Gasteiger partial charge in [0.2, 0.25) is 0 Å². The van der Waals surface area contributed by atoms with Crippen molar-refractivity contribution in [1.82, 2.24) is 10.3 Å². The second-order valence-electron chi connectivity index (χ2n) is 6.14. The van der Waals surface area contributed by atoms with Gasteiger partial charge in [0.1, 0.15) is 11.6 Å². The van der Waals surface area contributed by atoms with E-state index in [-0.39, 0.29) is 16.7 Å². The van der Waals surface area contributed by atoms with Crippen LogP contribution in [0.1, 0.15) is 35.0 Å². The molecule has 1 aromatic carbocycles. The summed E-state index contributed by atoms with van der Waals surface area (Å²) in [4.78, 5) is 16.1. The fraction of sp³-hybridized carbons (Fsp3) is 0.263. The molecule has 0 spiro atoms. The summed E-state index contributed by atoms with van der Waals surface area (Å²) in [5.41, 5.74) is 7.97. The molecule has 6 heteroatoms. The summed E-state index contributed by atoms with van der Waals surface area (Å²) in [6.45, 7) is 4.33. The number of benzene rings is 1. The van der Waals surface area contributed by atoms with Gasteiger partial charge in [-0.05, 0) is 49.1 Å². The van der Waals surface area contributed by atoms with E-state index >= 15 is 0 Å². The Labute approximate surface area is 151 Å². The van der Waals surface area contributed by atoms with Crippen LogP contribution in [0.2, 0.25) is 0 Å². The average molecular weight is 355 g/mol. The number of nitrogens with one attached hydrogen (secondary N) is 1. The van der Waals surface area contributed by atoms with Gasteiger partial charge in [-0.15, -0.1) is 0 Å². The predicted octanol–water partition coefficient (Wildman–Crippen LogP) is 3.65. The Kier molecular flexibility index (Phi) is 4.99. The molecule has 1 atom stereocenters. The van der Waals surface area contributed by atoms with Gasteiger partial charge < -0.3 is 15.8 Å². The van der Waals surface area contributed by atoms with Gasteiger partial charge in [0.15, 0.2) is 4.93 Å². The molecule has 1 aromatic heterocycles. The Bertz CT molecular complexity index is 795. The fourth-order valence-electron chi connectivity index (χ4n) is 2.54. The smallest absolute Gasteiger partial charge is 0.255 e. The van der Waals surface area contributed by atoms with E-state index in [1.54, 1.807) is 23.9 Å². The molecule has 1 aliphatic rings. The van der Waals surface area contributed by atoms with Crippen molar-refractivity contribution < 1.29 is 9.53 Å². The summed E-state index contributed by atoms with van der Waals surface area (Å²) in [5, 5.41) is 4.93. The molecule has 3 N–H and O–H groups in total. The van der Waals surface area contributed by atoms with Crippen molar-refractivity contribution in [3.05, 3.63) is 64.7 Å². The van der Waals surface area contributed by atoms with Crippen LogP contribution in [0, 0.1) is 6.92 Å². The van der Waals surface area contributed by atoms with Gasteiger partial charge in [0.05, 0.1) is 5.56 Å². The minimum absolute atomic E-state index is 0.230. The van der Waals surface area contributed by atoms with Crippen LogP contribution in [0.5, 0.6) is 5.75 Å². The van der Waals surface area contributed by atoms with Crippen LogP contribution in [0.25, 0.3) is 0 Å². The van der Waals surface area contributed by atoms with Crippen LogP contribution in [-0.4, -0.2) is 15.8 Å². The van der Waals surface area contributed by atoms with Crippen molar-refractivity contribution in [3.63, 3.8) is 0 Å². The Hall–Kier alpha value is -2.47. The number of amides is 1. The number of rotatable bonds is 5. The molecule has 3 rings (SSSR count). The van der Waals surface area contributed by atoms with Gasteiger partial charge in [-0.2, -0.15) is 0 Å². The van der Waals surface area contributed by atoms with Gasteiger partial charge in [0, 0.05) is 18.7 Å². The molecule has 0 aliphatic carbocycles. The monoisotopic (exact) mass is 355 g/mol. The minimum atomic E-state index is -0.230. The number of nitrogen functional groups attached to an aromatic ring is 1. The van der Waals surface area contributed by atoms with E-state index in [9.17, 15) is 4.79 Å². The first-order chi connectivity index (χ1) is 12.0. The summed E-state index contributed by atoms with van der Waals surface area (Å²) < 4.78 is 6.03. The molecule has 0 fully saturated rings. The summed E-state index contributed by atoms with van der Waals surface area (Å²) in [6.07, 6.45) is 3.00. The number of thioether (sulfide) groups is 1. The van der Waals surface area contributed by atoms with E-state index in [0.29, 0.717) is 12.1 Å². The average Bonchev–Trinajstić information content (AvgIpc) is 3.00. The third-order valence-electron chi connectivity index (χ3n) is 3.92. The Balaban J connectivity index is 1.57. The molecule has 1 aliphatic heterocycles. The number of nitrogens with two attached hydrogens (primary N) is 1. The zero-order valence-electron chi connectivity index (χ0n) is 14.3. The normalized spacial score (nSPS) is 19.0. The molecule has 0 saturated heterocycles. The predicted molar refractivity (Wildman–Crippen MR) is 101 cm³/mol. The molecule has 0 radical (unpaired) electrons. The van der Waals surface area contributed by atoms with Crippen LogP contribution >= 0.6 is 11.8 Å². The highest BCUT2D eigenvalue weighted by Gasteiger charge is 2.28. The van der Waals surface area contributed by atoms with Crippen LogP contribution in [0.4, 0.5) is 5.82 Å². The molecule has 25 heavy (non-hydrogen) atoms. The lowest BCUT2D eigenvalue weighted by molar-refractivity contribution is 0.0951. The second kappa shape index (κ2) is 7.19. The van der Waals surface area contributed by atoms with Crippen molar-refractivity contribution in [2.45, 2.75) is 31.7 Å². The van der Waals surface area contributed by atoms with Gasteiger partial charge >= 0.3 is 0 Å². The summed E-state index contributed by atoms with van der Waals surface area (Å²) >= 11 is 1.68. The molecule has 0 saturated carbocycles. The molecular formula is C19H21N3O2S.